The van der Waals surface area contributed by atoms with Crippen LogP contribution >= 0.6 is 0 Å². The fourth-order valence-electron chi connectivity index (χ4n) is 4.40. The molecule has 5 heteroatoms. The van der Waals surface area contributed by atoms with E-state index >= 15 is 0 Å². The largest absolute Gasteiger partial charge is 0.381 e. The highest BCUT2D eigenvalue weighted by atomic mass is 16.5. The average Bonchev–Trinajstić information content (AvgIpc) is 3.29. The van der Waals surface area contributed by atoms with E-state index in [1.807, 2.05) is 32.2 Å². The minimum atomic E-state index is 0.0801. The highest BCUT2D eigenvalue weighted by Gasteiger charge is 2.47. The summed E-state index contributed by atoms with van der Waals surface area (Å²) in [6.07, 6.45) is 3.94. The summed E-state index contributed by atoms with van der Waals surface area (Å²) in [4.78, 5) is 22.1. The van der Waals surface area contributed by atoms with Crippen LogP contribution in [0.15, 0.2) is 18.2 Å². The molecule has 0 spiro atoms. The second-order valence-electron chi connectivity index (χ2n) is 7.62. The number of amides is 1. The van der Waals surface area contributed by atoms with Crippen molar-refractivity contribution < 1.29 is 9.53 Å². The van der Waals surface area contributed by atoms with Gasteiger partial charge in [-0.15, -0.1) is 0 Å². The maximum absolute atomic E-state index is 13.0. The van der Waals surface area contributed by atoms with Gasteiger partial charge in [0.05, 0.1) is 12.1 Å². The van der Waals surface area contributed by atoms with Gasteiger partial charge >= 0.3 is 0 Å². The summed E-state index contributed by atoms with van der Waals surface area (Å²) < 4.78 is 5.75. The van der Waals surface area contributed by atoms with E-state index in [0.29, 0.717) is 11.6 Å². The summed E-state index contributed by atoms with van der Waals surface area (Å²) in [6, 6.07) is 5.95. The minimum absolute atomic E-state index is 0.0801. The lowest BCUT2D eigenvalue weighted by atomic mass is 9.88. The summed E-state index contributed by atoms with van der Waals surface area (Å²) in [7, 11) is 1.81. The van der Waals surface area contributed by atoms with E-state index in [4.69, 9.17) is 4.74 Å². The van der Waals surface area contributed by atoms with Crippen LogP contribution in [0.1, 0.15) is 35.4 Å². The van der Waals surface area contributed by atoms with Crippen LogP contribution in [-0.2, 0) is 4.74 Å². The van der Waals surface area contributed by atoms with Crippen molar-refractivity contribution in [3.63, 3.8) is 0 Å². The first kappa shape index (κ1) is 16.0. The number of pyridine rings is 1. The molecular weight excluding hydrogens is 302 g/mol. The van der Waals surface area contributed by atoms with Crippen LogP contribution in [0.25, 0.3) is 0 Å². The average molecular weight is 329 g/mol. The molecule has 3 aliphatic rings. The molecule has 130 valence electrons. The lowest BCUT2D eigenvalue weighted by Gasteiger charge is -2.41. The molecule has 0 bridgehead atoms. The van der Waals surface area contributed by atoms with Crippen molar-refractivity contribution in [1.82, 2.24) is 14.8 Å². The van der Waals surface area contributed by atoms with Gasteiger partial charge in [0.25, 0.3) is 5.91 Å². The SMILES string of the molecule is CO[C@@H]1CCN(C(=O)c2cccc(C)n2)[C@@H]2CN(CC3CC3)C[C@@H]21. The molecule has 3 atom stereocenters. The third-order valence-electron chi connectivity index (χ3n) is 5.83. The molecule has 1 aromatic heterocycles. The summed E-state index contributed by atoms with van der Waals surface area (Å²) in [5.74, 6) is 1.39. The molecular formula is C19H27N3O2. The highest BCUT2D eigenvalue weighted by molar-refractivity contribution is 5.92. The second kappa shape index (κ2) is 6.45. The van der Waals surface area contributed by atoms with E-state index in [9.17, 15) is 4.79 Å². The van der Waals surface area contributed by atoms with E-state index in [1.54, 1.807) is 0 Å². The number of likely N-dealkylation sites (tertiary alicyclic amines) is 2. The molecule has 1 amide bonds. The van der Waals surface area contributed by atoms with Gasteiger partial charge in [0.1, 0.15) is 5.69 Å². The first-order chi connectivity index (χ1) is 11.7. The van der Waals surface area contributed by atoms with Crippen LogP contribution in [0.4, 0.5) is 0 Å². The Morgan fingerprint density at radius 2 is 2.12 bits per heavy atom. The van der Waals surface area contributed by atoms with Gasteiger partial charge in [-0.1, -0.05) is 6.07 Å². The Labute approximate surface area is 144 Å². The lowest BCUT2D eigenvalue weighted by molar-refractivity contribution is -0.0158. The third kappa shape index (κ3) is 3.07. The van der Waals surface area contributed by atoms with Crippen molar-refractivity contribution in [2.24, 2.45) is 11.8 Å². The molecule has 1 aliphatic carbocycles. The maximum Gasteiger partial charge on any atom is 0.272 e. The molecule has 1 saturated carbocycles. The van der Waals surface area contributed by atoms with Gasteiger partial charge < -0.3 is 14.5 Å². The molecule has 3 fully saturated rings. The van der Waals surface area contributed by atoms with Gasteiger partial charge in [0.15, 0.2) is 0 Å². The fourth-order valence-corrected chi connectivity index (χ4v) is 4.40. The van der Waals surface area contributed by atoms with E-state index in [1.165, 1.54) is 19.4 Å². The topological polar surface area (TPSA) is 45.7 Å². The van der Waals surface area contributed by atoms with Crippen molar-refractivity contribution >= 4 is 5.91 Å². The Bertz CT molecular complexity index is 616. The van der Waals surface area contributed by atoms with Gasteiger partial charge in [-0.25, -0.2) is 4.98 Å². The van der Waals surface area contributed by atoms with Gasteiger partial charge in [0.2, 0.25) is 0 Å². The molecule has 2 saturated heterocycles. The number of fused-ring (bicyclic) bond motifs is 1. The molecule has 0 unspecified atom stereocenters. The van der Waals surface area contributed by atoms with Crippen LogP contribution in [-0.4, -0.2) is 66.1 Å². The fraction of sp³-hybridized carbons (Fsp3) is 0.684. The van der Waals surface area contributed by atoms with Gasteiger partial charge in [-0.05, 0) is 44.2 Å². The normalized spacial score (nSPS) is 30.4. The Kier molecular flexibility index (Phi) is 4.31. The number of aryl methyl sites for hydroxylation is 1. The lowest BCUT2D eigenvalue weighted by Crippen LogP contribution is -2.53. The third-order valence-corrected chi connectivity index (χ3v) is 5.83. The first-order valence-corrected chi connectivity index (χ1v) is 9.15. The minimum Gasteiger partial charge on any atom is -0.381 e. The number of hydrogen-bond donors (Lipinski definition) is 0. The smallest absolute Gasteiger partial charge is 0.272 e. The molecule has 4 rings (SSSR count). The van der Waals surface area contributed by atoms with Crippen molar-refractivity contribution in [2.75, 3.05) is 33.3 Å². The molecule has 2 aliphatic heterocycles. The number of rotatable bonds is 4. The number of hydrogen-bond acceptors (Lipinski definition) is 4. The number of aromatic nitrogens is 1. The standard InChI is InChI=1S/C19H27N3O2/c1-13-4-3-5-16(20-13)19(23)22-9-8-18(24-2)15-11-21(12-17(15)22)10-14-6-7-14/h3-5,14-15,17-18H,6-12H2,1-2H3/t15-,17+,18+/m0/s1. The van der Waals surface area contributed by atoms with Gasteiger partial charge in [-0.3, -0.25) is 4.79 Å². The van der Waals surface area contributed by atoms with Crippen molar-refractivity contribution in [3.05, 3.63) is 29.6 Å². The first-order valence-electron chi connectivity index (χ1n) is 9.15. The van der Waals surface area contributed by atoms with Crippen LogP contribution in [0.5, 0.6) is 0 Å². The second-order valence-corrected chi connectivity index (χ2v) is 7.62. The zero-order valence-electron chi connectivity index (χ0n) is 14.6. The number of piperidine rings is 1. The molecule has 1 aromatic rings. The number of carbonyl (C=O) groups excluding carboxylic acids is 1. The van der Waals surface area contributed by atoms with Crippen LogP contribution in [0.2, 0.25) is 0 Å². The van der Waals surface area contributed by atoms with Crippen molar-refractivity contribution in [3.8, 4) is 0 Å². The molecule has 0 radical (unpaired) electrons. The van der Waals surface area contributed by atoms with Gasteiger partial charge in [0, 0.05) is 44.9 Å². The van der Waals surface area contributed by atoms with Crippen LogP contribution < -0.4 is 0 Å². The maximum atomic E-state index is 13.0. The Hall–Kier alpha value is -1.46. The monoisotopic (exact) mass is 329 g/mol. The van der Waals surface area contributed by atoms with E-state index < -0.39 is 0 Å². The summed E-state index contributed by atoms with van der Waals surface area (Å²) >= 11 is 0. The van der Waals surface area contributed by atoms with Crippen molar-refractivity contribution in [2.45, 2.75) is 38.3 Å². The molecule has 5 nitrogen and oxygen atoms in total. The number of carbonyl (C=O) groups is 1. The number of methoxy groups -OCH3 is 1. The summed E-state index contributed by atoms with van der Waals surface area (Å²) in [6.45, 7) is 5.94. The quantitative estimate of drug-likeness (QED) is 0.847. The number of ether oxygens (including phenoxy) is 1. The molecule has 0 aromatic carbocycles. The zero-order valence-corrected chi connectivity index (χ0v) is 14.6. The number of nitrogens with zero attached hydrogens (tertiary/aromatic N) is 3. The van der Waals surface area contributed by atoms with E-state index in [0.717, 1.165) is 37.7 Å². The van der Waals surface area contributed by atoms with Gasteiger partial charge in [-0.2, -0.15) is 0 Å². The predicted molar refractivity (Wildman–Crippen MR) is 91.9 cm³/mol. The summed E-state index contributed by atoms with van der Waals surface area (Å²) in [5, 5.41) is 0. The molecule has 0 N–H and O–H groups in total. The van der Waals surface area contributed by atoms with Crippen LogP contribution in [0.3, 0.4) is 0 Å². The Morgan fingerprint density at radius 1 is 1.29 bits per heavy atom. The summed E-state index contributed by atoms with van der Waals surface area (Å²) in [5.41, 5.74) is 1.47. The zero-order chi connectivity index (χ0) is 16.7. The predicted octanol–water partition coefficient (Wildman–Crippen LogP) is 1.96. The Balaban J connectivity index is 1.53. The highest BCUT2D eigenvalue weighted by Crippen LogP contribution is 2.36. The van der Waals surface area contributed by atoms with E-state index in [-0.39, 0.29) is 18.1 Å². The van der Waals surface area contributed by atoms with E-state index in [2.05, 4.69) is 14.8 Å². The molecule has 24 heavy (non-hydrogen) atoms. The van der Waals surface area contributed by atoms with Crippen molar-refractivity contribution in [1.29, 1.82) is 0 Å². The van der Waals surface area contributed by atoms with Crippen LogP contribution in [0, 0.1) is 18.8 Å². The Morgan fingerprint density at radius 3 is 2.83 bits per heavy atom. The molecule has 3 heterocycles.